The maximum Gasteiger partial charge on any atom is 0.237 e. The molecule has 3 rings (SSSR count). The highest BCUT2D eigenvalue weighted by Gasteiger charge is 2.53. The standard InChI is InChI=1S/C16H22BrNO4/c1-20-14-12-15(21-2)16(22-3)7-5-4-6-10(16)8-18(12)9-11(17)13(14)19/h9-10,15H,4-8H2,1-3H3/t10-,15?,16+/m0/s1. The van der Waals surface area contributed by atoms with Gasteiger partial charge in [0.05, 0.1) is 17.3 Å². The largest absolute Gasteiger partial charge is 0.491 e. The Kier molecular flexibility index (Phi) is 4.36. The number of nitrogens with zero attached hydrogens (tertiary/aromatic N) is 1. The summed E-state index contributed by atoms with van der Waals surface area (Å²) in [5.74, 6) is 0.726. The number of pyridine rings is 1. The fourth-order valence-electron chi connectivity index (χ4n) is 4.23. The van der Waals surface area contributed by atoms with Gasteiger partial charge in [0.2, 0.25) is 5.43 Å². The number of methoxy groups -OCH3 is 3. The van der Waals surface area contributed by atoms with E-state index in [4.69, 9.17) is 14.2 Å². The van der Waals surface area contributed by atoms with Crippen LogP contribution in [0, 0.1) is 5.92 Å². The minimum Gasteiger partial charge on any atom is -0.491 e. The van der Waals surface area contributed by atoms with E-state index in [1.807, 2.05) is 6.20 Å². The molecule has 1 saturated carbocycles. The fourth-order valence-corrected chi connectivity index (χ4v) is 4.65. The predicted molar refractivity (Wildman–Crippen MR) is 86.4 cm³/mol. The van der Waals surface area contributed by atoms with Crippen molar-refractivity contribution in [2.75, 3.05) is 21.3 Å². The third kappa shape index (κ3) is 2.15. The van der Waals surface area contributed by atoms with Gasteiger partial charge in [0.25, 0.3) is 0 Å². The molecule has 122 valence electrons. The Labute approximate surface area is 138 Å². The van der Waals surface area contributed by atoms with Gasteiger partial charge in [-0.05, 0) is 28.8 Å². The first-order valence-corrected chi connectivity index (χ1v) is 8.43. The summed E-state index contributed by atoms with van der Waals surface area (Å²) in [6.07, 6.45) is 5.93. The van der Waals surface area contributed by atoms with Crippen LogP contribution in [0.5, 0.6) is 5.75 Å². The van der Waals surface area contributed by atoms with Gasteiger partial charge in [-0.2, -0.15) is 0 Å². The number of fused-ring (bicyclic) bond motifs is 2. The van der Waals surface area contributed by atoms with Crippen molar-refractivity contribution in [1.29, 1.82) is 0 Å². The summed E-state index contributed by atoms with van der Waals surface area (Å²) in [4.78, 5) is 12.4. The van der Waals surface area contributed by atoms with Crippen LogP contribution in [0.1, 0.15) is 37.5 Å². The quantitative estimate of drug-likeness (QED) is 0.819. The van der Waals surface area contributed by atoms with E-state index in [-0.39, 0.29) is 17.1 Å². The molecule has 1 aromatic rings. The first-order valence-electron chi connectivity index (χ1n) is 7.63. The molecular formula is C16H22BrNO4. The number of aromatic nitrogens is 1. The summed E-state index contributed by atoms with van der Waals surface area (Å²) >= 11 is 3.34. The van der Waals surface area contributed by atoms with Crippen LogP contribution in [0.2, 0.25) is 0 Å². The molecule has 22 heavy (non-hydrogen) atoms. The second-order valence-corrected chi connectivity index (χ2v) is 6.95. The number of hydrogen-bond acceptors (Lipinski definition) is 4. The highest BCUT2D eigenvalue weighted by Crippen LogP contribution is 2.51. The Bertz CT molecular complexity index is 629. The normalized spacial score (nSPS) is 30.5. The predicted octanol–water partition coefficient (Wildman–Crippen LogP) is 2.90. The molecule has 1 aliphatic heterocycles. The van der Waals surface area contributed by atoms with Gasteiger partial charge in [-0.1, -0.05) is 12.8 Å². The average molecular weight is 372 g/mol. The minimum absolute atomic E-state index is 0.142. The molecule has 0 radical (unpaired) electrons. The molecule has 3 atom stereocenters. The van der Waals surface area contributed by atoms with Crippen LogP contribution in [-0.2, 0) is 16.0 Å². The van der Waals surface area contributed by atoms with Crippen molar-refractivity contribution < 1.29 is 14.2 Å². The zero-order valence-electron chi connectivity index (χ0n) is 13.2. The third-order valence-electron chi connectivity index (χ3n) is 5.22. The molecule has 1 aliphatic carbocycles. The van der Waals surface area contributed by atoms with E-state index in [0.717, 1.165) is 31.5 Å². The van der Waals surface area contributed by atoms with Gasteiger partial charge in [-0.3, -0.25) is 4.79 Å². The summed E-state index contributed by atoms with van der Waals surface area (Å²) < 4.78 is 19.9. The zero-order valence-corrected chi connectivity index (χ0v) is 14.8. The first-order chi connectivity index (χ1) is 10.6. The number of halogens is 1. The molecule has 1 fully saturated rings. The van der Waals surface area contributed by atoms with Crippen LogP contribution in [0.25, 0.3) is 0 Å². The van der Waals surface area contributed by atoms with E-state index in [0.29, 0.717) is 16.1 Å². The van der Waals surface area contributed by atoms with Crippen molar-refractivity contribution in [1.82, 2.24) is 4.57 Å². The topological polar surface area (TPSA) is 49.7 Å². The number of rotatable bonds is 3. The molecule has 6 heteroatoms. The van der Waals surface area contributed by atoms with Crippen LogP contribution in [0.4, 0.5) is 0 Å². The van der Waals surface area contributed by atoms with Gasteiger partial charge in [-0.25, -0.2) is 0 Å². The minimum atomic E-state index is -0.374. The molecule has 2 aliphatic rings. The monoisotopic (exact) mass is 371 g/mol. The van der Waals surface area contributed by atoms with E-state index in [1.54, 1.807) is 14.2 Å². The second kappa shape index (κ2) is 5.98. The lowest BCUT2D eigenvalue weighted by atomic mass is 9.69. The molecule has 1 aromatic heterocycles. The summed E-state index contributed by atoms with van der Waals surface area (Å²) in [6.45, 7) is 0.818. The molecule has 0 aromatic carbocycles. The molecular weight excluding hydrogens is 350 g/mol. The highest BCUT2D eigenvalue weighted by atomic mass is 79.9. The lowest BCUT2D eigenvalue weighted by Crippen LogP contribution is -2.54. The van der Waals surface area contributed by atoms with Crippen molar-refractivity contribution in [3.63, 3.8) is 0 Å². The highest BCUT2D eigenvalue weighted by molar-refractivity contribution is 9.10. The van der Waals surface area contributed by atoms with Crippen molar-refractivity contribution in [3.8, 4) is 5.75 Å². The SMILES string of the molecule is COc1c2n(cc(Br)c1=O)C[C@@H]1CCCC[C@]1(OC)C2OC. The van der Waals surface area contributed by atoms with Gasteiger partial charge in [0.1, 0.15) is 11.7 Å². The lowest BCUT2D eigenvalue weighted by molar-refractivity contribution is -0.186. The maximum atomic E-state index is 12.4. The van der Waals surface area contributed by atoms with Crippen molar-refractivity contribution in [3.05, 3.63) is 26.6 Å². The molecule has 0 amide bonds. The molecule has 0 N–H and O–H groups in total. The van der Waals surface area contributed by atoms with E-state index >= 15 is 0 Å². The number of hydrogen-bond donors (Lipinski definition) is 0. The summed E-state index contributed by atoms with van der Waals surface area (Å²) in [6, 6.07) is 0. The van der Waals surface area contributed by atoms with Crippen LogP contribution in [-0.4, -0.2) is 31.5 Å². The molecule has 0 spiro atoms. The summed E-state index contributed by atoms with van der Waals surface area (Å²) in [5, 5.41) is 0. The lowest BCUT2D eigenvalue weighted by Gasteiger charge is -2.51. The first kappa shape index (κ1) is 16.0. The Morgan fingerprint density at radius 2 is 2.09 bits per heavy atom. The average Bonchev–Trinajstić information content (AvgIpc) is 2.54. The van der Waals surface area contributed by atoms with Crippen molar-refractivity contribution >= 4 is 15.9 Å². The number of ether oxygens (including phenoxy) is 3. The van der Waals surface area contributed by atoms with Crippen molar-refractivity contribution in [2.45, 2.75) is 43.9 Å². The van der Waals surface area contributed by atoms with Crippen LogP contribution in [0.3, 0.4) is 0 Å². The van der Waals surface area contributed by atoms with E-state index in [2.05, 4.69) is 20.5 Å². The van der Waals surface area contributed by atoms with E-state index in [9.17, 15) is 4.79 Å². The van der Waals surface area contributed by atoms with Gasteiger partial charge < -0.3 is 18.8 Å². The summed E-state index contributed by atoms with van der Waals surface area (Å²) in [5.41, 5.74) is 0.273. The Morgan fingerprint density at radius 1 is 1.32 bits per heavy atom. The van der Waals surface area contributed by atoms with Gasteiger partial charge in [0, 0.05) is 32.9 Å². The van der Waals surface area contributed by atoms with Crippen LogP contribution >= 0.6 is 15.9 Å². The Morgan fingerprint density at radius 3 is 2.73 bits per heavy atom. The smallest absolute Gasteiger partial charge is 0.237 e. The van der Waals surface area contributed by atoms with E-state index < -0.39 is 0 Å². The van der Waals surface area contributed by atoms with Gasteiger partial charge in [-0.15, -0.1) is 0 Å². The Balaban J connectivity index is 2.24. The Hall–Kier alpha value is -0.850. The second-order valence-electron chi connectivity index (χ2n) is 6.09. The molecule has 0 saturated heterocycles. The van der Waals surface area contributed by atoms with E-state index in [1.165, 1.54) is 13.5 Å². The van der Waals surface area contributed by atoms with Crippen molar-refractivity contribution in [2.24, 2.45) is 5.92 Å². The van der Waals surface area contributed by atoms with Gasteiger partial charge in [0.15, 0.2) is 5.75 Å². The summed E-state index contributed by atoms with van der Waals surface area (Å²) in [7, 11) is 4.96. The molecule has 1 unspecified atom stereocenters. The molecule has 0 bridgehead atoms. The molecule has 2 heterocycles. The third-order valence-corrected chi connectivity index (χ3v) is 5.79. The maximum absolute atomic E-state index is 12.4. The van der Waals surface area contributed by atoms with Gasteiger partial charge >= 0.3 is 0 Å². The fraction of sp³-hybridized carbons (Fsp3) is 0.688. The molecule has 5 nitrogen and oxygen atoms in total. The van der Waals surface area contributed by atoms with Crippen LogP contribution in [0.15, 0.2) is 15.5 Å². The van der Waals surface area contributed by atoms with Crippen LogP contribution < -0.4 is 10.2 Å². The zero-order chi connectivity index (χ0) is 15.9.